The van der Waals surface area contributed by atoms with E-state index >= 15 is 0 Å². The quantitative estimate of drug-likeness (QED) is 0.776. The zero-order valence-electron chi connectivity index (χ0n) is 12.9. The number of fused-ring (bicyclic) bond motifs is 1. The Hall–Kier alpha value is -1.34. The number of rotatable bonds is 7. The number of nitrogens with one attached hydrogen (secondary N) is 1. The van der Waals surface area contributed by atoms with Gasteiger partial charge in [-0.15, -0.1) is 0 Å². The Morgan fingerprint density at radius 2 is 2.14 bits per heavy atom. The predicted octanol–water partition coefficient (Wildman–Crippen LogP) is 2.15. The molecule has 1 atom stereocenters. The molecule has 0 aliphatic carbocycles. The largest absolute Gasteiger partial charge is 0.483 e. The van der Waals surface area contributed by atoms with Gasteiger partial charge in [0, 0.05) is 18.9 Å². The Balaban J connectivity index is 2.01. The molecule has 7 heteroatoms. The molecule has 1 aromatic rings. The van der Waals surface area contributed by atoms with Gasteiger partial charge in [0.15, 0.2) is 27.2 Å². The lowest BCUT2D eigenvalue weighted by Crippen LogP contribution is -2.39. The van der Waals surface area contributed by atoms with Crippen LogP contribution in [-0.2, 0) is 9.84 Å². The second kappa shape index (κ2) is 7.28. The van der Waals surface area contributed by atoms with E-state index in [4.69, 9.17) is 9.47 Å². The normalized spacial score (nSPS) is 17.5. The van der Waals surface area contributed by atoms with Gasteiger partial charge in [-0.1, -0.05) is 19.8 Å². The molecule has 5 nitrogen and oxygen atoms in total. The minimum Gasteiger partial charge on any atom is -0.483 e. The third-order valence-corrected chi connectivity index (χ3v) is 4.54. The Morgan fingerprint density at radius 1 is 1.36 bits per heavy atom. The second-order valence-corrected chi connectivity index (χ2v) is 7.48. The van der Waals surface area contributed by atoms with Gasteiger partial charge in [-0.2, -0.15) is 0 Å². The van der Waals surface area contributed by atoms with Crippen molar-refractivity contribution in [2.75, 3.05) is 26.0 Å². The minimum absolute atomic E-state index is 0.0189. The van der Waals surface area contributed by atoms with Crippen LogP contribution in [0.15, 0.2) is 17.0 Å². The first-order valence-corrected chi connectivity index (χ1v) is 9.34. The van der Waals surface area contributed by atoms with Crippen LogP contribution in [0.3, 0.4) is 0 Å². The molecule has 0 fully saturated rings. The van der Waals surface area contributed by atoms with Crippen molar-refractivity contribution < 1.29 is 22.3 Å². The lowest BCUT2D eigenvalue weighted by atomic mass is 10.2. The van der Waals surface area contributed by atoms with Crippen molar-refractivity contribution in [2.45, 2.75) is 37.2 Å². The summed E-state index contributed by atoms with van der Waals surface area (Å²) >= 11 is 0. The van der Waals surface area contributed by atoms with E-state index in [0.717, 1.165) is 31.7 Å². The van der Waals surface area contributed by atoms with E-state index in [2.05, 4.69) is 12.2 Å². The molecule has 1 heterocycles. The summed E-state index contributed by atoms with van der Waals surface area (Å²) in [7, 11) is -3.49. The van der Waals surface area contributed by atoms with Crippen LogP contribution in [0.1, 0.15) is 26.2 Å². The van der Waals surface area contributed by atoms with E-state index in [1.165, 1.54) is 12.5 Å². The highest BCUT2D eigenvalue weighted by Gasteiger charge is 2.26. The molecule has 1 aliphatic rings. The summed E-state index contributed by atoms with van der Waals surface area (Å²) in [6.07, 6.45) is 4.19. The number of benzene rings is 1. The number of halogens is 1. The van der Waals surface area contributed by atoms with Crippen LogP contribution in [0.5, 0.6) is 11.5 Å². The van der Waals surface area contributed by atoms with Gasteiger partial charge in [0.05, 0.1) is 4.90 Å². The van der Waals surface area contributed by atoms with Crippen molar-refractivity contribution in [2.24, 2.45) is 0 Å². The summed E-state index contributed by atoms with van der Waals surface area (Å²) in [5.74, 6) is -0.589. The molecule has 0 saturated carbocycles. The smallest absolute Gasteiger partial charge is 0.197 e. The molecule has 0 amide bonds. The number of unbranched alkanes of at least 4 members (excludes halogenated alkanes) is 2. The molecule has 1 N–H and O–H groups in total. The molecule has 1 aromatic carbocycles. The molecule has 2 rings (SSSR count). The van der Waals surface area contributed by atoms with Crippen LogP contribution in [0.4, 0.5) is 4.39 Å². The van der Waals surface area contributed by atoms with Crippen molar-refractivity contribution in [3.05, 3.63) is 17.9 Å². The number of ether oxygens (including phenoxy) is 2. The van der Waals surface area contributed by atoms with Gasteiger partial charge in [0.25, 0.3) is 0 Å². The summed E-state index contributed by atoms with van der Waals surface area (Å²) < 4.78 is 48.0. The van der Waals surface area contributed by atoms with Gasteiger partial charge >= 0.3 is 0 Å². The first-order valence-electron chi connectivity index (χ1n) is 7.45. The monoisotopic (exact) mass is 331 g/mol. The van der Waals surface area contributed by atoms with Gasteiger partial charge in [-0.3, -0.25) is 0 Å². The van der Waals surface area contributed by atoms with E-state index in [1.807, 2.05) is 0 Å². The van der Waals surface area contributed by atoms with Gasteiger partial charge in [0.1, 0.15) is 12.7 Å². The van der Waals surface area contributed by atoms with Gasteiger partial charge in [0.2, 0.25) is 0 Å². The van der Waals surface area contributed by atoms with Crippen molar-refractivity contribution >= 4 is 9.84 Å². The zero-order chi connectivity index (χ0) is 16.2. The van der Waals surface area contributed by atoms with Crippen LogP contribution >= 0.6 is 0 Å². The molecule has 0 saturated heterocycles. The Kier molecular flexibility index (Phi) is 5.63. The predicted molar refractivity (Wildman–Crippen MR) is 81.8 cm³/mol. The summed E-state index contributed by atoms with van der Waals surface area (Å²) in [5, 5.41) is 3.26. The Bertz CT molecular complexity index is 618. The summed E-state index contributed by atoms with van der Waals surface area (Å²) in [6, 6.07) is 2.28. The zero-order valence-corrected chi connectivity index (χ0v) is 13.7. The SMILES string of the molecule is CCCCCNCC1COc2c(F)cc(S(C)(=O)=O)cc2O1. The van der Waals surface area contributed by atoms with E-state index in [0.29, 0.717) is 6.54 Å². The van der Waals surface area contributed by atoms with Crippen LogP contribution in [0.25, 0.3) is 0 Å². The van der Waals surface area contributed by atoms with Gasteiger partial charge < -0.3 is 14.8 Å². The molecular weight excluding hydrogens is 309 g/mol. The molecular formula is C15H22FNO4S. The highest BCUT2D eigenvalue weighted by atomic mass is 32.2. The van der Waals surface area contributed by atoms with Crippen LogP contribution in [0, 0.1) is 5.82 Å². The topological polar surface area (TPSA) is 64.6 Å². The lowest BCUT2D eigenvalue weighted by Gasteiger charge is -2.27. The van der Waals surface area contributed by atoms with Crippen molar-refractivity contribution in [3.63, 3.8) is 0 Å². The van der Waals surface area contributed by atoms with Crippen LogP contribution in [0.2, 0.25) is 0 Å². The first kappa shape index (κ1) is 17.0. The minimum atomic E-state index is -3.49. The third-order valence-electron chi connectivity index (χ3n) is 3.45. The second-order valence-electron chi connectivity index (χ2n) is 5.47. The fourth-order valence-electron chi connectivity index (χ4n) is 2.24. The Morgan fingerprint density at radius 3 is 2.82 bits per heavy atom. The number of hydrogen-bond donors (Lipinski definition) is 1. The maximum Gasteiger partial charge on any atom is 0.197 e. The lowest BCUT2D eigenvalue weighted by molar-refractivity contribution is 0.0857. The van der Waals surface area contributed by atoms with Crippen LogP contribution in [-0.4, -0.2) is 40.5 Å². The maximum absolute atomic E-state index is 13.9. The first-order chi connectivity index (χ1) is 10.4. The molecule has 0 aromatic heterocycles. The highest BCUT2D eigenvalue weighted by molar-refractivity contribution is 7.90. The number of sulfone groups is 1. The van der Waals surface area contributed by atoms with Crippen molar-refractivity contribution in [1.82, 2.24) is 5.32 Å². The van der Waals surface area contributed by atoms with E-state index in [-0.39, 0.29) is 29.1 Å². The van der Waals surface area contributed by atoms with Gasteiger partial charge in [-0.25, -0.2) is 12.8 Å². The fourth-order valence-corrected chi connectivity index (χ4v) is 2.88. The molecule has 0 radical (unpaired) electrons. The van der Waals surface area contributed by atoms with Crippen molar-refractivity contribution in [3.8, 4) is 11.5 Å². The Labute approximate surface area is 130 Å². The van der Waals surface area contributed by atoms with E-state index < -0.39 is 15.7 Å². The summed E-state index contributed by atoms with van der Waals surface area (Å²) in [5.41, 5.74) is 0. The molecule has 124 valence electrons. The van der Waals surface area contributed by atoms with E-state index in [1.54, 1.807) is 0 Å². The molecule has 0 spiro atoms. The molecule has 1 unspecified atom stereocenters. The maximum atomic E-state index is 13.9. The van der Waals surface area contributed by atoms with Crippen LogP contribution < -0.4 is 14.8 Å². The van der Waals surface area contributed by atoms with Crippen molar-refractivity contribution in [1.29, 1.82) is 0 Å². The highest BCUT2D eigenvalue weighted by Crippen LogP contribution is 2.36. The fraction of sp³-hybridized carbons (Fsp3) is 0.600. The molecule has 1 aliphatic heterocycles. The number of hydrogen-bond acceptors (Lipinski definition) is 5. The molecule has 22 heavy (non-hydrogen) atoms. The summed E-state index contributed by atoms with van der Waals surface area (Å²) in [4.78, 5) is -0.107. The average Bonchev–Trinajstić information content (AvgIpc) is 2.45. The molecule has 0 bridgehead atoms. The average molecular weight is 331 g/mol. The van der Waals surface area contributed by atoms with Gasteiger partial charge in [-0.05, 0) is 19.0 Å². The summed E-state index contributed by atoms with van der Waals surface area (Å²) in [6.45, 7) is 3.85. The standard InChI is InChI=1S/C15H22FNO4S/c1-3-4-5-6-17-9-11-10-20-15-13(16)7-12(22(2,18)19)8-14(15)21-11/h7-8,11,17H,3-6,9-10H2,1-2H3. The third kappa shape index (κ3) is 4.33. The van der Waals surface area contributed by atoms with E-state index in [9.17, 15) is 12.8 Å².